The van der Waals surface area contributed by atoms with Crippen LogP contribution >= 0.6 is 0 Å². The lowest BCUT2D eigenvalue weighted by atomic mass is 10.0. The fraction of sp³-hybridized carbons (Fsp3) is 0.267. The second-order valence-corrected chi connectivity index (χ2v) is 3.95. The lowest BCUT2D eigenvalue weighted by molar-refractivity contribution is 0.0603. The number of hydrogen-bond donors (Lipinski definition) is 0. The molecule has 2 aromatic carbocycles. The molecular weight excluding hydrogens is 244 g/mol. The Labute approximate surface area is 111 Å². The molecule has 0 unspecified atom stereocenters. The zero-order valence-electron chi connectivity index (χ0n) is 11.2. The van der Waals surface area contributed by atoms with Gasteiger partial charge in [-0.1, -0.05) is 12.1 Å². The molecule has 0 aliphatic carbocycles. The third kappa shape index (κ3) is 2.47. The van der Waals surface area contributed by atoms with Crippen LogP contribution in [0.1, 0.15) is 17.3 Å². The van der Waals surface area contributed by atoms with Gasteiger partial charge in [0.2, 0.25) is 0 Å². The average Bonchev–Trinajstić information content (AvgIpc) is 2.45. The van der Waals surface area contributed by atoms with E-state index in [2.05, 4.69) is 0 Å². The molecule has 100 valence electrons. The van der Waals surface area contributed by atoms with Crippen molar-refractivity contribution in [1.82, 2.24) is 0 Å². The lowest BCUT2D eigenvalue weighted by Crippen LogP contribution is -2.02. The number of carbonyl (C=O) groups excluding carboxylic acids is 1. The zero-order valence-corrected chi connectivity index (χ0v) is 11.2. The molecule has 0 radical (unpaired) electrons. The highest BCUT2D eigenvalue weighted by molar-refractivity contribution is 6.05. The molecule has 0 heterocycles. The van der Waals surface area contributed by atoms with Crippen molar-refractivity contribution < 1.29 is 19.0 Å². The van der Waals surface area contributed by atoms with Crippen LogP contribution in [0, 0.1) is 0 Å². The van der Waals surface area contributed by atoms with Crippen LogP contribution in [0.3, 0.4) is 0 Å². The predicted octanol–water partition coefficient (Wildman–Crippen LogP) is 3.03. The van der Waals surface area contributed by atoms with Gasteiger partial charge in [-0.05, 0) is 30.5 Å². The van der Waals surface area contributed by atoms with Crippen molar-refractivity contribution in [2.75, 3.05) is 20.8 Å². The van der Waals surface area contributed by atoms with E-state index in [0.29, 0.717) is 23.7 Å². The van der Waals surface area contributed by atoms with Crippen LogP contribution in [-0.2, 0) is 4.74 Å². The SMILES string of the molecule is CCOc1cc2cccc(C(=O)OC)c2cc1OC. The Balaban J connectivity index is 2.66. The summed E-state index contributed by atoms with van der Waals surface area (Å²) in [6.07, 6.45) is 0. The summed E-state index contributed by atoms with van der Waals surface area (Å²) >= 11 is 0. The average molecular weight is 260 g/mol. The highest BCUT2D eigenvalue weighted by Crippen LogP contribution is 2.34. The second kappa shape index (κ2) is 5.61. The molecule has 0 aliphatic rings. The van der Waals surface area contributed by atoms with Gasteiger partial charge < -0.3 is 14.2 Å². The molecule has 2 rings (SSSR count). The van der Waals surface area contributed by atoms with Gasteiger partial charge in [0.05, 0.1) is 26.4 Å². The van der Waals surface area contributed by atoms with E-state index in [1.807, 2.05) is 25.1 Å². The van der Waals surface area contributed by atoms with E-state index in [0.717, 1.165) is 10.8 Å². The van der Waals surface area contributed by atoms with Crippen molar-refractivity contribution >= 4 is 16.7 Å². The summed E-state index contributed by atoms with van der Waals surface area (Å²) < 4.78 is 15.6. The first-order valence-corrected chi connectivity index (χ1v) is 6.03. The molecular formula is C15H16O4. The maximum absolute atomic E-state index is 11.7. The minimum absolute atomic E-state index is 0.364. The predicted molar refractivity (Wildman–Crippen MR) is 73.0 cm³/mol. The first kappa shape index (κ1) is 13.2. The molecule has 0 saturated carbocycles. The van der Waals surface area contributed by atoms with Crippen LogP contribution in [0.25, 0.3) is 10.8 Å². The van der Waals surface area contributed by atoms with Crippen molar-refractivity contribution in [2.45, 2.75) is 6.92 Å². The van der Waals surface area contributed by atoms with Gasteiger partial charge in [0, 0.05) is 5.39 Å². The van der Waals surface area contributed by atoms with Crippen LogP contribution in [0.15, 0.2) is 30.3 Å². The third-order valence-electron chi connectivity index (χ3n) is 2.87. The molecule has 0 aromatic heterocycles. The fourth-order valence-corrected chi connectivity index (χ4v) is 2.00. The lowest BCUT2D eigenvalue weighted by Gasteiger charge is -2.12. The minimum atomic E-state index is -0.364. The first-order valence-electron chi connectivity index (χ1n) is 6.03. The molecule has 0 aliphatic heterocycles. The smallest absolute Gasteiger partial charge is 0.338 e. The Morgan fingerprint density at radius 1 is 1.16 bits per heavy atom. The summed E-state index contributed by atoms with van der Waals surface area (Å²) in [6, 6.07) is 9.13. The fourth-order valence-electron chi connectivity index (χ4n) is 2.00. The molecule has 0 saturated heterocycles. The topological polar surface area (TPSA) is 44.8 Å². The van der Waals surface area contributed by atoms with Crippen LogP contribution in [0.2, 0.25) is 0 Å². The van der Waals surface area contributed by atoms with Gasteiger partial charge in [-0.25, -0.2) is 4.79 Å². The van der Waals surface area contributed by atoms with E-state index < -0.39 is 0 Å². The second-order valence-electron chi connectivity index (χ2n) is 3.95. The highest BCUT2D eigenvalue weighted by atomic mass is 16.5. The van der Waals surface area contributed by atoms with Gasteiger partial charge in [-0.2, -0.15) is 0 Å². The minimum Gasteiger partial charge on any atom is -0.493 e. The summed E-state index contributed by atoms with van der Waals surface area (Å²) in [6.45, 7) is 2.47. The Bertz CT molecular complexity index is 604. The summed E-state index contributed by atoms with van der Waals surface area (Å²) in [7, 11) is 2.94. The van der Waals surface area contributed by atoms with Crippen molar-refractivity contribution in [3.8, 4) is 11.5 Å². The molecule has 4 nitrogen and oxygen atoms in total. The maximum Gasteiger partial charge on any atom is 0.338 e. The van der Waals surface area contributed by atoms with Gasteiger partial charge in [0.15, 0.2) is 11.5 Å². The van der Waals surface area contributed by atoms with Gasteiger partial charge in [-0.3, -0.25) is 0 Å². The Morgan fingerprint density at radius 2 is 1.95 bits per heavy atom. The summed E-state index contributed by atoms with van der Waals surface area (Å²) in [5.74, 6) is 0.905. The number of benzene rings is 2. The van der Waals surface area contributed by atoms with Crippen molar-refractivity contribution in [1.29, 1.82) is 0 Å². The van der Waals surface area contributed by atoms with Gasteiger partial charge in [0.25, 0.3) is 0 Å². The van der Waals surface area contributed by atoms with E-state index >= 15 is 0 Å². The van der Waals surface area contributed by atoms with Crippen LogP contribution in [0.5, 0.6) is 11.5 Å². The van der Waals surface area contributed by atoms with E-state index in [1.54, 1.807) is 19.2 Å². The number of hydrogen-bond acceptors (Lipinski definition) is 4. The van der Waals surface area contributed by atoms with E-state index in [4.69, 9.17) is 14.2 Å². The molecule has 0 atom stereocenters. The van der Waals surface area contributed by atoms with E-state index in [-0.39, 0.29) is 5.97 Å². The number of esters is 1. The number of rotatable bonds is 4. The van der Waals surface area contributed by atoms with Crippen LogP contribution in [0.4, 0.5) is 0 Å². The largest absolute Gasteiger partial charge is 0.493 e. The number of carbonyl (C=O) groups is 1. The van der Waals surface area contributed by atoms with Gasteiger partial charge >= 0.3 is 5.97 Å². The quantitative estimate of drug-likeness (QED) is 0.793. The number of fused-ring (bicyclic) bond motifs is 1. The third-order valence-corrected chi connectivity index (χ3v) is 2.87. The number of methoxy groups -OCH3 is 2. The highest BCUT2D eigenvalue weighted by Gasteiger charge is 2.13. The van der Waals surface area contributed by atoms with Crippen molar-refractivity contribution in [3.63, 3.8) is 0 Å². The van der Waals surface area contributed by atoms with Crippen LogP contribution in [-0.4, -0.2) is 26.8 Å². The molecule has 0 fully saturated rings. The van der Waals surface area contributed by atoms with Crippen LogP contribution < -0.4 is 9.47 Å². The molecule has 2 aromatic rings. The standard InChI is InChI=1S/C15H16O4/c1-4-19-14-8-10-6-5-7-11(15(16)18-3)12(10)9-13(14)17-2/h5-9H,4H2,1-3H3. The Kier molecular flexibility index (Phi) is 3.90. The van der Waals surface area contributed by atoms with E-state index in [1.165, 1.54) is 7.11 Å². The molecule has 0 amide bonds. The summed E-state index contributed by atoms with van der Waals surface area (Å²) in [4.78, 5) is 11.7. The monoisotopic (exact) mass is 260 g/mol. The molecule has 19 heavy (non-hydrogen) atoms. The van der Waals surface area contributed by atoms with Crippen molar-refractivity contribution in [3.05, 3.63) is 35.9 Å². The Morgan fingerprint density at radius 3 is 2.58 bits per heavy atom. The maximum atomic E-state index is 11.7. The molecule has 0 N–H and O–H groups in total. The van der Waals surface area contributed by atoms with E-state index in [9.17, 15) is 4.79 Å². The molecule has 4 heteroatoms. The Hall–Kier alpha value is -2.23. The van der Waals surface area contributed by atoms with Gasteiger partial charge in [0.1, 0.15) is 0 Å². The van der Waals surface area contributed by atoms with Crippen molar-refractivity contribution in [2.24, 2.45) is 0 Å². The molecule has 0 bridgehead atoms. The zero-order chi connectivity index (χ0) is 13.8. The first-order chi connectivity index (χ1) is 9.21. The number of ether oxygens (including phenoxy) is 3. The summed E-state index contributed by atoms with van der Waals surface area (Å²) in [5.41, 5.74) is 0.515. The summed E-state index contributed by atoms with van der Waals surface area (Å²) in [5, 5.41) is 1.70. The normalized spacial score (nSPS) is 10.3. The van der Waals surface area contributed by atoms with Gasteiger partial charge in [-0.15, -0.1) is 0 Å². The molecule has 0 spiro atoms.